The van der Waals surface area contributed by atoms with E-state index in [1.54, 1.807) is 17.0 Å². The molecule has 16 heavy (non-hydrogen) atoms. The number of aromatic nitrogens is 2. The van der Waals surface area contributed by atoms with Gasteiger partial charge in [-0.25, -0.2) is 5.48 Å². The summed E-state index contributed by atoms with van der Waals surface area (Å²) in [6.07, 6.45) is 6.57. The maximum atomic E-state index is 11.3. The van der Waals surface area contributed by atoms with Crippen LogP contribution in [0.2, 0.25) is 0 Å². The molecule has 0 unspecified atom stereocenters. The largest absolute Gasteiger partial charge is 0.275 e. The van der Waals surface area contributed by atoms with Gasteiger partial charge in [-0.2, -0.15) is 5.10 Å². The molecule has 5 nitrogen and oxygen atoms in total. The highest BCUT2D eigenvalue weighted by atomic mass is 16.7. The lowest BCUT2D eigenvalue weighted by molar-refractivity contribution is -0.140. The van der Waals surface area contributed by atoms with Gasteiger partial charge in [-0.05, 0) is 26.8 Å². The van der Waals surface area contributed by atoms with Crippen LogP contribution in [0, 0.1) is 0 Å². The summed E-state index contributed by atoms with van der Waals surface area (Å²) in [5, 5.41) is 3.98. The molecule has 0 aliphatic heterocycles. The number of nitrogens with one attached hydrogen (secondary N) is 1. The van der Waals surface area contributed by atoms with Crippen LogP contribution in [0.3, 0.4) is 0 Å². The monoisotopic (exact) mass is 223 g/mol. The Morgan fingerprint density at radius 1 is 1.56 bits per heavy atom. The molecule has 1 aromatic heterocycles. The topological polar surface area (TPSA) is 56.2 Å². The second-order valence-electron chi connectivity index (χ2n) is 4.46. The first kappa shape index (κ1) is 12.4. The third kappa shape index (κ3) is 4.75. The number of rotatable bonds is 3. The molecule has 88 valence electrons. The van der Waals surface area contributed by atoms with Crippen LogP contribution in [0.1, 0.15) is 26.3 Å². The fourth-order valence-corrected chi connectivity index (χ4v) is 0.936. The lowest BCUT2D eigenvalue weighted by atomic mass is 10.2. The molecule has 0 saturated heterocycles. The van der Waals surface area contributed by atoms with E-state index in [9.17, 15) is 4.79 Å². The highest BCUT2D eigenvalue weighted by Gasteiger charge is 2.11. The zero-order valence-electron chi connectivity index (χ0n) is 10.0. The van der Waals surface area contributed by atoms with E-state index in [0.29, 0.717) is 0 Å². The molecule has 5 heteroatoms. The van der Waals surface area contributed by atoms with E-state index < -0.39 is 5.60 Å². The van der Waals surface area contributed by atoms with Crippen LogP contribution in [-0.2, 0) is 16.7 Å². The van der Waals surface area contributed by atoms with Gasteiger partial charge >= 0.3 is 0 Å². The zero-order valence-corrected chi connectivity index (χ0v) is 10.0. The molecule has 0 radical (unpaired) electrons. The van der Waals surface area contributed by atoms with Crippen molar-refractivity contribution in [3.05, 3.63) is 24.0 Å². The van der Waals surface area contributed by atoms with E-state index in [0.717, 1.165) is 5.56 Å². The summed E-state index contributed by atoms with van der Waals surface area (Å²) < 4.78 is 1.67. The second kappa shape index (κ2) is 4.94. The quantitative estimate of drug-likeness (QED) is 0.620. The molecule has 0 spiro atoms. The first-order chi connectivity index (χ1) is 7.37. The summed E-state index contributed by atoms with van der Waals surface area (Å²) in [6.45, 7) is 5.58. The van der Waals surface area contributed by atoms with Crippen molar-refractivity contribution >= 4 is 12.0 Å². The lowest BCUT2D eigenvalue weighted by Gasteiger charge is -2.17. The summed E-state index contributed by atoms with van der Waals surface area (Å²) in [4.78, 5) is 16.4. The zero-order chi connectivity index (χ0) is 12.2. The van der Waals surface area contributed by atoms with Crippen molar-refractivity contribution in [3.8, 4) is 0 Å². The van der Waals surface area contributed by atoms with Crippen LogP contribution in [0.5, 0.6) is 0 Å². The van der Waals surface area contributed by atoms with Gasteiger partial charge in [0.1, 0.15) is 0 Å². The Hall–Kier alpha value is -1.62. The number of amides is 1. The SMILES string of the molecule is Cn1cc(/C=C/C(=O)NOC(C)(C)C)cn1. The Morgan fingerprint density at radius 2 is 2.25 bits per heavy atom. The van der Waals surface area contributed by atoms with Gasteiger partial charge in [0.05, 0.1) is 11.8 Å². The smallest absolute Gasteiger partial charge is 0.267 e. The van der Waals surface area contributed by atoms with E-state index in [-0.39, 0.29) is 5.91 Å². The van der Waals surface area contributed by atoms with Crippen LogP contribution >= 0.6 is 0 Å². The molecule has 0 aliphatic rings. The third-order valence-electron chi connectivity index (χ3n) is 1.61. The lowest BCUT2D eigenvalue weighted by Crippen LogP contribution is -2.32. The van der Waals surface area contributed by atoms with Gasteiger partial charge in [0.25, 0.3) is 5.91 Å². The minimum Gasteiger partial charge on any atom is -0.275 e. The van der Waals surface area contributed by atoms with E-state index in [1.165, 1.54) is 6.08 Å². The maximum Gasteiger partial charge on any atom is 0.267 e. The van der Waals surface area contributed by atoms with Crippen LogP contribution in [0.4, 0.5) is 0 Å². The average Bonchev–Trinajstić information content (AvgIpc) is 2.57. The summed E-state index contributed by atoms with van der Waals surface area (Å²) in [6, 6.07) is 0. The number of hydrogen-bond acceptors (Lipinski definition) is 3. The molecule has 1 aromatic rings. The van der Waals surface area contributed by atoms with Gasteiger partial charge < -0.3 is 0 Å². The molecular weight excluding hydrogens is 206 g/mol. The van der Waals surface area contributed by atoms with Crippen molar-refractivity contribution in [3.63, 3.8) is 0 Å². The summed E-state index contributed by atoms with van der Waals surface area (Å²) in [5.74, 6) is -0.293. The Labute approximate surface area is 95.0 Å². The number of carbonyl (C=O) groups is 1. The molecule has 1 N–H and O–H groups in total. The first-order valence-corrected chi connectivity index (χ1v) is 5.01. The molecule has 1 heterocycles. The first-order valence-electron chi connectivity index (χ1n) is 5.01. The number of carbonyl (C=O) groups excluding carboxylic acids is 1. The number of aryl methyl sites for hydroxylation is 1. The van der Waals surface area contributed by atoms with Gasteiger partial charge in [0.2, 0.25) is 0 Å². The molecule has 0 bridgehead atoms. The predicted octanol–water partition coefficient (Wildman–Crippen LogP) is 1.28. The van der Waals surface area contributed by atoms with Gasteiger partial charge in [-0.3, -0.25) is 14.3 Å². The van der Waals surface area contributed by atoms with Crippen molar-refractivity contribution < 1.29 is 9.63 Å². The van der Waals surface area contributed by atoms with E-state index in [1.807, 2.05) is 34.0 Å². The number of hydrogen-bond donors (Lipinski definition) is 1. The minimum atomic E-state index is -0.391. The molecule has 0 aromatic carbocycles. The van der Waals surface area contributed by atoms with Crippen LogP contribution in [0.25, 0.3) is 6.08 Å². The fraction of sp³-hybridized carbons (Fsp3) is 0.455. The summed E-state index contributed by atoms with van der Waals surface area (Å²) >= 11 is 0. The van der Waals surface area contributed by atoms with Gasteiger partial charge in [0, 0.05) is 24.9 Å². The summed E-state index contributed by atoms with van der Waals surface area (Å²) in [7, 11) is 1.82. The van der Waals surface area contributed by atoms with Gasteiger partial charge in [-0.1, -0.05) is 0 Å². The van der Waals surface area contributed by atoms with Crippen molar-refractivity contribution in [1.29, 1.82) is 0 Å². The Balaban J connectivity index is 2.43. The van der Waals surface area contributed by atoms with Gasteiger partial charge in [0.15, 0.2) is 0 Å². The van der Waals surface area contributed by atoms with Crippen LogP contribution in [-0.4, -0.2) is 21.3 Å². The highest BCUT2D eigenvalue weighted by molar-refractivity contribution is 5.90. The Bertz CT molecular complexity index is 388. The second-order valence-corrected chi connectivity index (χ2v) is 4.46. The van der Waals surface area contributed by atoms with Crippen molar-refractivity contribution in [2.24, 2.45) is 7.05 Å². The molecule has 0 atom stereocenters. The van der Waals surface area contributed by atoms with Crippen LogP contribution in [0.15, 0.2) is 18.5 Å². The fourth-order valence-electron chi connectivity index (χ4n) is 0.936. The highest BCUT2D eigenvalue weighted by Crippen LogP contribution is 2.04. The number of nitrogens with zero attached hydrogens (tertiary/aromatic N) is 2. The van der Waals surface area contributed by atoms with Gasteiger partial charge in [-0.15, -0.1) is 0 Å². The normalized spacial score (nSPS) is 12.0. The van der Waals surface area contributed by atoms with Crippen molar-refractivity contribution in [1.82, 2.24) is 15.3 Å². The minimum absolute atomic E-state index is 0.293. The Morgan fingerprint density at radius 3 is 2.75 bits per heavy atom. The average molecular weight is 223 g/mol. The standard InChI is InChI=1S/C11H17N3O2/c1-11(2,3)16-13-10(15)6-5-9-7-12-14(4)8-9/h5-8H,1-4H3,(H,13,15)/b6-5+. The molecule has 0 aliphatic carbocycles. The molecule has 0 fully saturated rings. The number of hydroxylamine groups is 1. The molecule has 1 rings (SSSR count). The van der Waals surface area contributed by atoms with Crippen molar-refractivity contribution in [2.75, 3.05) is 0 Å². The third-order valence-corrected chi connectivity index (χ3v) is 1.61. The van der Waals surface area contributed by atoms with E-state index >= 15 is 0 Å². The Kier molecular flexibility index (Phi) is 3.84. The maximum absolute atomic E-state index is 11.3. The molecular formula is C11H17N3O2. The van der Waals surface area contributed by atoms with Crippen molar-refractivity contribution in [2.45, 2.75) is 26.4 Å². The molecule has 0 saturated carbocycles. The van der Waals surface area contributed by atoms with Crippen LogP contribution < -0.4 is 5.48 Å². The van der Waals surface area contributed by atoms with E-state index in [2.05, 4.69) is 10.6 Å². The summed E-state index contributed by atoms with van der Waals surface area (Å²) in [5.41, 5.74) is 2.82. The molecule has 1 amide bonds. The predicted molar refractivity (Wildman–Crippen MR) is 61.2 cm³/mol. The van der Waals surface area contributed by atoms with E-state index in [4.69, 9.17) is 4.84 Å².